The zero-order valence-electron chi connectivity index (χ0n) is 9.90. The number of likely N-dealkylation sites (tertiary alicyclic amines) is 1. The first-order chi connectivity index (χ1) is 8.97. The maximum Gasteiger partial charge on any atom is 0.326 e. The molecule has 2 amide bonds. The normalized spacial score (nSPS) is 18.4. The number of carbonyl (C=O) groups is 2. The second kappa shape index (κ2) is 5.67. The van der Waals surface area contributed by atoms with Crippen molar-refractivity contribution in [1.29, 1.82) is 0 Å². The highest BCUT2D eigenvalue weighted by Gasteiger charge is 2.33. The summed E-state index contributed by atoms with van der Waals surface area (Å²) in [6, 6.07) is 3.43. The minimum absolute atomic E-state index is 0.402. The van der Waals surface area contributed by atoms with Gasteiger partial charge in [-0.1, -0.05) is 23.2 Å². The highest BCUT2D eigenvalue weighted by molar-refractivity contribution is 6.35. The smallest absolute Gasteiger partial charge is 0.326 e. The molecule has 7 heteroatoms. The Kier molecular flexibility index (Phi) is 4.17. The number of amides is 2. The third kappa shape index (κ3) is 3.30. The SMILES string of the molecule is O=C(O)[C@H]1CCCN1C(=O)Nc1cc(Cl)cc(Cl)c1. The number of halogens is 2. The van der Waals surface area contributed by atoms with Gasteiger partial charge in [-0.25, -0.2) is 9.59 Å². The number of carbonyl (C=O) groups excluding carboxylic acids is 1. The third-order valence-electron chi connectivity index (χ3n) is 2.91. The van der Waals surface area contributed by atoms with Gasteiger partial charge in [-0.05, 0) is 31.0 Å². The van der Waals surface area contributed by atoms with E-state index >= 15 is 0 Å². The van der Waals surface area contributed by atoms with Gasteiger partial charge in [0.25, 0.3) is 0 Å². The minimum atomic E-state index is -0.989. The van der Waals surface area contributed by atoms with Crippen molar-refractivity contribution in [3.63, 3.8) is 0 Å². The number of rotatable bonds is 2. The van der Waals surface area contributed by atoms with Crippen LogP contribution in [0.15, 0.2) is 18.2 Å². The summed E-state index contributed by atoms with van der Waals surface area (Å²) in [6.45, 7) is 0.428. The number of nitrogens with zero attached hydrogens (tertiary/aromatic N) is 1. The van der Waals surface area contributed by atoms with Crippen molar-refractivity contribution in [2.75, 3.05) is 11.9 Å². The Hall–Kier alpha value is -1.46. The number of hydrogen-bond donors (Lipinski definition) is 2. The quantitative estimate of drug-likeness (QED) is 0.882. The highest BCUT2D eigenvalue weighted by Crippen LogP contribution is 2.24. The van der Waals surface area contributed by atoms with E-state index in [1.54, 1.807) is 18.2 Å². The van der Waals surface area contributed by atoms with Gasteiger partial charge in [-0.3, -0.25) is 0 Å². The van der Waals surface area contributed by atoms with Gasteiger partial charge in [0.05, 0.1) is 0 Å². The molecule has 2 rings (SSSR count). The fourth-order valence-electron chi connectivity index (χ4n) is 2.09. The zero-order valence-corrected chi connectivity index (χ0v) is 11.4. The molecule has 0 aliphatic carbocycles. The molecule has 1 aromatic carbocycles. The fourth-order valence-corrected chi connectivity index (χ4v) is 2.61. The van der Waals surface area contributed by atoms with Crippen molar-refractivity contribution in [2.45, 2.75) is 18.9 Å². The summed E-state index contributed by atoms with van der Waals surface area (Å²) in [5.74, 6) is -0.989. The van der Waals surface area contributed by atoms with Crippen LogP contribution in [0.2, 0.25) is 10.0 Å². The molecular weight excluding hydrogens is 291 g/mol. The van der Waals surface area contributed by atoms with E-state index in [0.717, 1.165) is 0 Å². The summed E-state index contributed by atoms with van der Waals surface area (Å²) >= 11 is 11.7. The molecule has 0 aromatic heterocycles. The molecule has 1 heterocycles. The summed E-state index contributed by atoms with van der Waals surface area (Å²) in [7, 11) is 0. The van der Waals surface area contributed by atoms with Crippen LogP contribution in [0.3, 0.4) is 0 Å². The summed E-state index contributed by atoms with van der Waals surface area (Å²) in [5.41, 5.74) is 0.443. The van der Waals surface area contributed by atoms with Crippen molar-refractivity contribution in [3.05, 3.63) is 28.2 Å². The predicted molar refractivity (Wildman–Crippen MR) is 72.8 cm³/mol. The topological polar surface area (TPSA) is 69.6 Å². The number of carboxylic acid groups (broad SMARTS) is 1. The van der Waals surface area contributed by atoms with Gasteiger partial charge in [0.15, 0.2) is 0 Å². The molecule has 0 saturated carbocycles. The maximum absolute atomic E-state index is 12.0. The Bertz CT molecular complexity index is 501. The number of benzene rings is 1. The van der Waals surface area contributed by atoms with Crippen LogP contribution in [-0.2, 0) is 4.79 Å². The number of aliphatic carboxylic acids is 1. The zero-order chi connectivity index (χ0) is 14.0. The van der Waals surface area contributed by atoms with E-state index in [1.165, 1.54) is 4.90 Å². The van der Waals surface area contributed by atoms with E-state index in [2.05, 4.69) is 5.32 Å². The van der Waals surface area contributed by atoms with Gasteiger partial charge in [0.2, 0.25) is 0 Å². The van der Waals surface area contributed by atoms with Gasteiger partial charge < -0.3 is 15.3 Å². The summed E-state index contributed by atoms with van der Waals surface area (Å²) in [5, 5.41) is 12.4. The summed E-state index contributed by atoms with van der Waals surface area (Å²) in [4.78, 5) is 24.3. The van der Waals surface area contributed by atoms with E-state index in [9.17, 15) is 9.59 Å². The van der Waals surface area contributed by atoms with Crippen LogP contribution < -0.4 is 5.32 Å². The Labute approximate surface area is 120 Å². The van der Waals surface area contributed by atoms with Gasteiger partial charge in [-0.2, -0.15) is 0 Å². The van der Waals surface area contributed by atoms with E-state index in [-0.39, 0.29) is 0 Å². The molecule has 102 valence electrons. The molecular formula is C12H12Cl2N2O3. The van der Waals surface area contributed by atoms with Crippen molar-refractivity contribution in [3.8, 4) is 0 Å². The van der Waals surface area contributed by atoms with E-state index in [0.29, 0.717) is 35.1 Å². The molecule has 1 aliphatic rings. The van der Waals surface area contributed by atoms with Crippen LogP contribution in [-0.4, -0.2) is 34.6 Å². The number of anilines is 1. The molecule has 19 heavy (non-hydrogen) atoms. The minimum Gasteiger partial charge on any atom is -0.480 e. The van der Waals surface area contributed by atoms with E-state index < -0.39 is 18.0 Å². The number of nitrogens with one attached hydrogen (secondary N) is 1. The molecule has 1 fully saturated rings. The Morgan fingerprint density at radius 2 is 1.89 bits per heavy atom. The number of urea groups is 1. The highest BCUT2D eigenvalue weighted by atomic mass is 35.5. The molecule has 2 N–H and O–H groups in total. The van der Waals surface area contributed by atoms with Crippen molar-refractivity contribution < 1.29 is 14.7 Å². The summed E-state index contributed by atoms with van der Waals surface area (Å²) < 4.78 is 0. The molecule has 0 spiro atoms. The van der Waals surface area contributed by atoms with Crippen molar-refractivity contribution in [1.82, 2.24) is 4.90 Å². The summed E-state index contributed by atoms with van der Waals surface area (Å²) in [6.07, 6.45) is 1.15. The average molecular weight is 303 g/mol. The fraction of sp³-hybridized carbons (Fsp3) is 0.333. The lowest BCUT2D eigenvalue weighted by atomic mass is 10.2. The van der Waals surface area contributed by atoms with Gasteiger partial charge in [-0.15, -0.1) is 0 Å². The van der Waals surface area contributed by atoms with Crippen LogP contribution in [0, 0.1) is 0 Å². The molecule has 0 bridgehead atoms. The van der Waals surface area contributed by atoms with Gasteiger partial charge >= 0.3 is 12.0 Å². The first kappa shape index (κ1) is 14.0. The standard InChI is InChI=1S/C12H12Cl2N2O3/c13-7-4-8(14)6-9(5-7)15-12(19)16-3-1-2-10(16)11(17)18/h4-6,10H,1-3H2,(H,15,19)(H,17,18)/t10-/m1/s1. The molecule has 1 atom stereocenters. The van der Waals surface area contributed by atoms with Crippen molar-refractivity contribution in [2.24, 2.45) is 0 Å². The average Bonchev–Trinajstić information content (AvgIpc) is 2.75. The lowest BCUT2D eigenvalue weighted by Crippen LogP contribution is -2.42. The molecule has 1 saturated heterocycles. The van der Waals surface area contributed by atoms with Crippen LogP contribution in [0.1, 0.15) is 12.8 Å². The molecule has 1 aliphatic heterocycles. The first-order valence-electron chi connectivity index (χ1n) is 5.74. The van der Waals surface area contributed by atoms with Crippen LogP contribution in [0.4, 0.5) is 10.5 Å². The Morgan fingerprint density at radius 1 is 1.26 bits per heavy atom. The predicted octanol–water partition coefficient (Wildman–Crippen LogP) is 3.07. The monoisotopic (exact) mass is 302 g/mol. The third-order valence-corrected chi connectivity index (χ3v) is 3.35. The van der Waals surface area contributed by atoms with Crippen LogP contribution in [0.5, 0.6) is 0 Å². The molecule has 5 nitrogen and oxygen atoms in total. The van der Waals surface area contributed by atoms with Crippen LogP contribution in [0.25, 0.3) is 0 Å². The lowest BCUT2D eigenvalue weighted by molar-refractivity contribution is -0.141. The Balaban J connectivity index is 2.10. The molecule has 0 unspecified atom stereocenters. The lowest BCUT2D eigenvalue weighted by Gasteiger charge is -2.21. The molecule has 0 radical (unpaired) electrons. The second-order valence-electron chi connectivity index (χ2n) is 4.28. The number of carboxylic acids is 1. The Morgan fingerprint density at radius 3 is 2.47 bits per heavy atom. The maximum atomic E-state index is 12.0. The van der Waals surface area contributed by atoms with Crippen LogP contribution >= 0.6 is 23.2 Å². The van der Waals surface area contributed by atoms with E-state index in [1.807, 2.05) is 0 Å². The second-order valence-corrected chi connectivity index (χ2v) is 5.15. The van der Waals surface area contributed by atoms with Gasteiger partial charge in [0.1, 0.15) is 6.04 Å². The van der Waals surface area contributed by atoms with Crippen molar-refractivity contribution >= 4 is 40.9 Å². The van der Waals surface area contributed by atoms with E-state index in [4.69, 9.17) is 28.3 Å². The largest absolute Gasteiger partial charge is 0.480 e. The van der Waals surface area contributed by atoms with Gasteiger partial charge in [0, 0.05) is 22.3 Å². The molecule has 1 aromatic rings. The first-order valence-corrected chi connectivity index (χ1v) is 6.49. The number of hydrogen-bond acceptors (Lipinski definition) is 2.